The number of amides is 1. The number of carbonyl (C=O) groups excluding carboxylic acids is 1. The first-order valence-corrected chi connectivity index (χ1v) is 10.2. The van der Waals surface area contributed by atoms with Crippen LogP contribution >= 0.6 is 11.3 Å². The molecule has 0 spiro atoms. The molecule has 1 aliphatic rings. The van der Waals surface area contributed by atoms with Crippen LogP contribution in [0.15, 0.2) is 54.0 Å². The summed E-state index contributed by atoms with van der Waals surface area (Å²) < 4.78 is 0. The molecule has 1 saturated heterocycles. The van der Waals surface area contributed by atoms with E-state index in [-0.39, 0.29) is 5.91 Å². The first-order chi connectivity index (χ1) is 13.8. The summed E-state index contributed by atoms with van der Waals surface area (Å²) in [5, 5.41) is 5.24. The van der Waals surface area contributed by atoms with Crippen LogP contribution in [0.1, 0.15) is 23.2 Å². The van der Waals surface area contributed by atoms with E-state index >= 15 is 0 Å². The number of aromatic nitrogens is 3. The molecule has 2 N–H and O–H groups in total. The smallest absolute Gasteiger partial charge is 0.259 e. The highest BCUT2D eigenvalue weighted by molar-refractivity contribution is 7.13. The molecule has 6 nitrogen and oxygen atoms in total. The molecule has 0 radical (unpaired) electrons. The molecular formula is C21H19N5OS. The van der Waals surface area contributed by atoms with E-state index in [0.717, 1.165) is 30.0 Å². The van der Waals surface area contributed by atoms with Crippen LogP contribution in [0.3, 0.4) is 0 Å². The van der Waals surface area contributed by atoms with Crippen molar-refractivity contribution in [1.82, 2.24) is 15.0 Å². The Morgan fingerprint density at radius 1 is 1.14 bits per heavy atom. The molecular weight excluding hydrogens is 370 g/mol. The van der Waals surface area contributed by atoms with Gasteiger partial charge in [0.15, 0.2) is 5.13 Å². The van der Waals surface area contributed by atoms with Crippen molar-refractivity contribution in [1.29, 1.82) is 0 Å². The van der Waals surface area contributed by atoms with Crippen molar-refractivity contribution in [2.45, 2.75) is 12.8 Å². The highest BCUT2D eigenvalue weighted by Crippen LogP contribution is 2.28. The van der Waals surface area contributed by atoms with Gasteiger partial charge in [-0.15, -0.1) is 11.3 Å². The summed E-state index contributed by atoms with van der Waals surface area (Å²) in [7, 11) is 0. The van der Waals surface area contributed by atoms with E-state index in [1.54, 1.807) is 12.3 Å². The Labute approximate surface area is 166 Å². The highest BCUT2D eigenvalue weighted by Gasteiger charge is 2.17. The fourth-order valence-electron chi connectivity index (χ4n) is 3.63. The fraction of sp³-hybridized carbons (Fsp3) is 0.190. The monoisotopic (exact) mass is 389 g/mol. The minimum absolute atomic E-state index is 0.204. The number of hydrogen-bond acceptors (Lipinski definition) is 5. The van der Waals surface area contributed by atoms with Crippen LogP contribution in [0.2, 0.25) is 0 Å². The number of para-hydroxylation sites is 1. The zero-order chi connectivity index (χ0) is 18.9. The Balaban J connectivity index is 1.50. The number of nitrogens with zero attached hydrogens (tertiary/aromatic N) is 3. The van der Waals surface area contributed by atoms with Gasteiger partial charge in [0.1, 0.15) is 11.3 Å². The van der Waals surface area contributed by atoms with E-state index in [1.165, 1.54) is 29.9 Å². The van der Waals surface area contributed by atoms with Crippen LogP contribution in [-0.2, 0) is 0 Å². The van der Waals surface area contributed by atoms with Gasteiger partial charge in [-0.3, -0.25) is 10.1 Å². The largest absolute Gasteiger partial charge is 0.372 e. The van der Waals surface area contributed by atoms with Gasteiger partial charge >= 0.3 is 0 Å². The first kappa shape index (κ1) is 16.9. The average Bonchev–Trinajstić information content (AvgIpc) is 3.48. The Kier molecular flexibility index (Phi) is 4.29. The van der Waals surface area contributed by atoms with Crippen LogP contribution < -0.4 is 10.2 Å². The lowest BCUT2D eigenvalue weighted by Crippen LogP contribution is -2.17. The summed E-state index contributed by atoms with van der Waals surface area (Å²) in [6.07, 6.45) is 4.15. The lowest BCUT2D eigenvalue weighted by molar-refractivity contribution is 0.102. The molecule has 2 aromatic carbocycles. The van der Waals surface area contributed by atoms with Crippen LogP contribution in [0.25, 0.3) is 22.4 Å². The zero-order valence-corrected chi connectivity index (χ0v) is 16.0. The van der Waals surface area contributed by atoms with E-state index < -0.39 is 0 Å². The molecule has 1 fully saturated rings. The molecule has 0 aliphatic carbocycles. The Bertz CT molecular complexity index is 1130. The number of hydrogen-bond donors (Lipinski definition) is 2. The summed E-state index contributed by atoms with van der Waals surface area (Å²) in [4.78, 5) is 27.3. The van der Waals surface area contributed by atoms with Gasteiger partial charge in [-0.2, -0.15) is 0 Å². The van der Waals surface area contributed by atoms with E-state index in [1.807, 2.05) is 23.6 Å². The van der Waals surface area contributed by atoms with Gasteiger partial charge < -0.3 is 9.88 Å². The standard InChI is InChI=1S/C21H19N5OS/c27-20(25-21-22-9-12-28-21)16-7-4-8-17-18(16)24-19(23-17)14-5-3-6-15(13-14)26-10-1-2-11-26/h3-9,12-13H,1-2,10-11H2,(H,23,24)(H,22,25,27). The van der Waals surface area contributed by atoms with Crippen LogP contribution in [-0.4, -0.2) is 33.9 Å². The predicted octanol–water partition coefficient (Wildman–Crippen LogP) is 4.54. The number of thiazole rings is 1. The number of anilines is 2. The Morgan fingerprint density at radius 2 is 2.00 bits per heavy atom. The molecule has 0 atom stereocenters. The van der Waals surface area contributed by atoms with Crippen molar-refractivity contribution in [3.63, 3.8) is 0 Å². The van der Waals surface area contributed by atoms with Gasteiger partial charge in [0.05, 0.1) is 11.1 Å². The maximum Gasteiger partial charge on any atom is 0.259 e. The molecule has 5 rings (SSSR count). The third-order valence-corrected chi connectivity index (χ3v) is 5.69. The van der Waals surface area contributed by atoms with Gasteiger partial charge in [-0.25, -0.2) is 9.97 Å². The Morgan fingerprint density at radius 3 is 2.82 bits per heavy atom. The molecule has 140 valence electrons. The number of benzene rings is 2. The van der Waals surface area contributed by atoms with E-state index in [0.29, 0.717) is 16.2 Å². The summed E-state index contributed by atoms with van der Waals surface area (Å²) in [5.41, 5.74) is 4.28. The molecule has 3 heterocycles. The number of imidazole rings is 1. The van der Waals surface area contributed by atoms with Crippen molar-refractivity contribution >= 4 is 39.1 Å². The van der Waals surface area contributed by atoms with Crippen molar-refractivity contribution in [3.05, 3.63) is 59.6 Å². The predicted molar refractivity (Wildman–Crippen MR) is 113 cm³/mol. The Hall–Kier alpha value is -3.19. The second-order valence-electron chi connectivity index (χ2n) is 6.82. The number of rotatable bonds is 4. The summed E-state index contributed by atoms with van der Waals surface area (Å²) in [6, 6.07) is 14.0. The normalized spacial score (nSPS) is 13.9. The lowest BCUT2D eigenvalue weighted by Gasteiger charge is -2.17. The van der Waals surface area contributed by atoms with Crippen LogP contribution in [0.4, 0.5) is 10.8 Å². The van der Waals surface area contributed by atoms with Crippen LogP contribution in [0.5, 0.6) is 0 Å². The van der Waals surface area contributed by atoms with E-state index in [4.69, 9.17) is 4.98 Å². The van der Waals surface area contributed by atoms with Gasteiger partial charge in [0.25, 0.3) is 5.91 Å². The van der Waals surface area contributed by atoms with Gasteiger partial charge in [0.2, 0.25) is 0 Å². The number of carbonyl (C=O) groups is 1. The SMILES string of the molecule is O=C(Nc1nccs1)c1cccc2[nH]c(-c3cccc(N4CCCC4)c3)nc12. The minimum atomic E-state index is -0.204. The fourth-order valence-corrected chi connectivity index (χ4v) is 4.15. The molecule has 0 saturated carbocycles. The quantitative estimate of drug-likeness (QED) is 0.537. The van der Waals surface area contributed by atoms with Gasteiger partial charge in [-0.05, 0) is 37.1 Å². The third-order valence-electron chi connectivity index (χ3n) is 5.00. The van der Waals surface area contributed by atoms with Gasteiger partial charge in [0, 0.05) is 35.9 Å². The number of nitrogens with one attached hydrogen (secondary N) is 2. The molecule has 2 aromatic heterocycles. The average molecular weight is 389 g/mol. The van der Waals surface area contributed by atoms with E-state index in [2.05, 4.69) is 38.4 Å². The summed E-state index contributed by atoms with van der Waals surface area (Å²) >= 11 is 1.39. The molecule has 0 unspecified atom stereocenters. The molecule has 28 heavy (non-hydrogen) atoms. The first-order valence-electron chi connectivity index (χ1n) is 9.33. The number of aromatic amines is 1. The number of fused-ring (bicyclic) bond motifs is 1. The second kappa shape index (κ2) is 7.09. The van der Waals surface area contributed by atoms with Crippen molar-refractivity contribution < 1.29 is 4.79 Å². The summed E-state index contributed by atoms with van der Waals surface area (Å²) in [5.74, 6) is 0.565. The second-order valence-corrected chi connectivity index (χ2v) is 7.72. The molecule has 1 aliphatic heterocycles. The minimum Gasteiger partial charge on any atom is -0.372 e. The molecule has 4 aromatic rings. The molecule has 1 amide bonds. The number of H-pyrrole nitrogens is 1. The van der Waals surface area contributed by atoms with Crippen LogP contribution in [0, 0.1) is 0 Å². The summed E-state index contributed by atoms with van der Waals surface area (Å²) in [6.45, 7) is 2.20. The topological polar surface area (TPSA) is 73.9 Å². The maximum atomic E-state index is 12.7. The molecule has 7 heteroatoms. The maximum absolute atomic E-state index is 12.7. The van der Waals surface area contributed by atoms with E-state index in [9.17, 15) is 4.79 Å². The van der Waals surface area contributed by atoms with Crippen molar-refractivity contribution in [2.24, 2.45) is 0 Å². The van der Waals surface area contributed by atoms with Crippen molar-refractivity contribution in [3.8, 4) is 11.4 Å². The van der Waals surface area contributed by atoms with Crippen molar-refractivity contribution in [2.75, 3.05) is 23.3 Å². The highest BCUT2D eigenvalue weighted by atomic mass is 32.1. The third kappa shape index (κ3) is 3.14. The molecule has 0 bridgehead atoms. The lowest BCUT2D eigenvalue weighted by atomic mass is 10.1. The zero-order valence-electron chi connectivity index (χ0n) is 15.2. The van der Waals surface area contributed by atoms with Gasteiger partial charge in [-0.1, -0.05) is 18.2 Å².